The van der Waals surface area contributed by atoms with Crippen molar-refractivity contribution in [3.63, 3.8) is 0 Å². The molecule has 1 aliphatic carbocycles. The highest BCUT2D eigenvalue weighted by Gasteiger charge is 2.40. The van der Waals surface area contributed by atoms with Crippen LogP contribution in [0.5, 0.6) is 0 Å². The van der Waals surface area contributed by atoms with E-state index in [1.165, 1.54) is 54.9 Å². The van der Waals surface area contributed by atoms with Crippen LogP contribution >= 0.6 is 35.3 Å². The number of rotatable bonds is 2. The van der Waals surface area contributed by atoms with Gasteiger partial charge in [-0.15, -0.1) is 35.3 Å². The summed E-state index contributed by atoms with van der Waals surface area (Å²) in [4.78, 5) is 9.71. The Hall–Kier alpha value is -0.300. The third-order valence-electron chi connectivity index (χ3n) is 4.83. The van der Waals surface area contributed by atoms with Crippen LogP contribution < -0.4 is 5.32 Å². The smallest absolute Gasteiger partial charge is 0.193 e. The van der Waals surface area contributed by atoms with Gasteiger partial charge in [0.25, 0.3) is 0 Å². The number of aliphatic imine (C=N–C) groups is 1. The summed E-state index contributed by atoms with van der Waals surface area (Å²) in [6.45, 7) is 5.43. The first-order valence-electron chi connectivity index (χ1n) is 7.72. The highest BCUT2D eigenvalue weighted by Crippen LogP contribution is 2.45. The Kier molecular flexibility index (Phi) is 5.94. The molecule has 1 aromatic heterocycles. The van der Waals surface area contributed by atoms with Gasteiger partial charge in [-0.25, -0.2) is 0 Å². The fraction of sp³-hybridized carbons (Fsp3) is 0.688. The SMILES string of the molecule is CN=C(NCc1ccc(C)s1)N1CCC2(CCCC2)C1.I. The molecule has 0 bridgehead atoms. The molecule has 21 heavy (non-hydrogen) atoms. The lowest BCUT2D eigenvalue weighted by atomic mass is 9.86. The largest absolute Gasteiger partial charge is 0.351 e. The number of thiophene rings is 1. The van der Waals surface area contributed by atoms with Gasteiger partial charge in [0, 0.05) is 29.9 Å². The zero-order chi connectivity index (χ0) is 14.0. The van der Waals surface area contributed by atoms with E-state index in [2.05, 4.69) is 34.3 Å². The van der Waals surface area contributed by atoms with E-state index in [4.69, 9.17) is 0 Å². The lowest BCUT2D eigenvalue weighted by Gasteiger charge is -2.25. The van der Waals surface area contributed by atoms with Crippen molar-refractivity contribution in [3.8, 4) is 0 Å². The predicted octanol–water partition coefficient (Wildman–Crippen LogP) is 4.02. The van der Waals surface area contributed by atoms with Gasteiger partial charge in [-0.3, -0.25) is 4.99 Å². The van der Waals surface area contributed by atoms with Gasteiger partial charge in [-0.2, -0.15) is 0 Å². The van der Waals surface area contributed by atoms with Gasteiger partial charge in [0.05, 0.1) is 6.54 Å². The molecule has 1 saturated carbocycles. The van der Waals surface area contributed by atoms with Crippen LogP contribution in [-0.4, -0.2) is 31.0 Å². The highest BCUT2D eigenvalue weighted by atomic mass is 127. The van der Waals surface area contributed by atoms with Gasteiger partial charge in [-0.1, -0.05) is 12.8 Å². The van der Waals surface area contributed by atoms with Crippen molar-refractivity contribution < 1.29 is 0 Å². The first-order chi connectivity index (χ1) is 9.71. The Bertz CT molecular complexity index is 491. The quantitative estimate of drug-likeness (QED) is 0.446. The number of hydrogen-bond donors (Lipinski definition) is 1. The molecule has 0 atom stereocenters. The molecule has 0 unspecified atom stereocenters. The molecule has 2 fully saturated rings. The summed E-state index contributed by atoms with van der Waals surface area (Å²) in [6, 6.07) is 4.40. The minimum atomic E-state index is 0. The first-order valence-corrected chi connectivity index (χ1v) is 8.53. The van der Waals surface area contributed by atoms with Crippen LogP contribution in [-0.2, 0) is 6.54 Å². The van der Waals surface area contributed by atoms with Crippen LogP contribution in [0.2, 0.25) is 0 Å². The summed E-state index contributed by atoms with van der Waals surface area (Å²) in [5.74, 6) is 1.08. The molecular formula is C16H26IN3S. The van der Waals surface area contributed by atoms with Crippen LogP contribution in [0.1, 0.15) is 41.9 Å². The van der Waals surface area contributed by atoms with Crippen LogP contribution in [0.4, 0.5) is 0 Å². The van der Waals surface area contributed by atoms with Gasteiger partial charge in [0.1, 0.15) is 0 Å². The van der Waals surface area contributed by atoms with Crippen molar-refractivity contribution in [1.82, 2.24) is 10.2 Å². The molecular weight excluding hydrogens is 393 g/mol. The maximum atomic E-state index is 4.48. The van der Waals surface area contributed by atoms with E-state index in [1.54, 1.807) is 0 Å². The standard InChI is InChI=1S/C16H25N3S.HI/c1-13-5-6-14(20-13)11-18-15(17-2)19-10-9-16(12-19)7-3-4-8-16;/h5-6H,3-4,7-12H2,1-2H3,(H,17,18);1H. The molecule has 2 aliphatic rings. The van der Waals surface area contributed by atoms with Gasteiger partial charge in [0.2, 0.25) is 0 Å². The Morgan fingerprint density at radius 3 is 2.71 bits per heavy atom. The lowest BCUT2D eigenvalue weighted by molar-refractivity contribution is 0.309. The summed E-state index contributed by atoms with van der Waals surface area (Å²) in [7, 11) is 1.90. The second kappa shape index (κ2) is 7.31. The number of nitrogens with zero attached hydrogens (tertiary/aromatic N) is 2. The second-order valence-corrected chi connectivity index (χ2v) is 7.66. The molecule has 2 heterocycles. The van der Waals surface area contributed by atoms with Crippen LogP contribution in [0.15, 0.2) is 17.1 Å². The van der Waals surface area contributed by atoms with Gasteiger partial charge in [-0.05, 0) is 43.7 Å². The molecule has 118 valence electrons. The molecule has 1 N–H and O–H groups in total. The van der Waals surface area contributed by atoms with E-state index < -0.39 is 0 Å². The maximum Gasteiger partial charge on any atom is 0.193 e. The molecule has 0 amide bonds. The topological polar surface area (TPSA) is 27.6 Å². The molecule has 3 rings (SSSR count). The van der Waals surface area contributed by atoms with E-state index in [1.807, 2.05) is 18.4 Å². The van der Waals surface area contributed by atoms with Crippen LogP contribution in [0.25, 0.3) is 0 Å². The number of guanidine groups is 1. The van der Waals surface area contributed by atoms with Crippen molar-refractivity contribution in [2.24, 2.45) is 10.4 Å². The normalized spacial score (nSPS) is 20.9. The van der Waals surface area contributed by atoms with E-state index in [-0.39, 0.29) is 24.0 Å². The van der Waals surface area contributed by atoms with E-state index in [0.29, 0.717) is 5.41 Å². The zero-order valence-electron chi connectivity index (χ0n) is 13.0. The average Bonchev–Trinajstić information content (AvgIpc) is 3.15. The van der Waals surface area contributed by atoms with Gasteiger partial charge >= 0.3 is 0 Å². The Morgan fingerprint density at radius 2 is 2.10 bits per heavy atom. The minimum Gasteiger partial charge on any atom is -0.351 e. The summed E-state index contributed by atoms with van der Waals surface area (Å²) in [5, 5.41) is 3.53. The first kappa shape index (κ1) is 17.1. The van der Waals surface area contributed by atoms with Crippen molar-refractivity contribution in [1.29, 1.82) is 0 Å². The molecule has 1 aromatic rings. The zero-order valence-corrected chi connectivity index (χ0v) is 16.2. The number of aryl methyl sites for hydroxylation is 1. The van der Waals surface area contributed by atoms with Crippen LogP contribution in [0, 0.1) is 12.3 Å². The third-order valence-corrected chi connectivity index (χ3v) is 5.83. The fourth-order valence-electron chi connectivity index (χ4n) is 3.73. The predicted molar refractivity (Wildman–Crippen MR) is 102 cm³/mol. The molecule has 5 heteroatoms. The number of nitrogens with one attached hydrogen (secondary N) is 1. The monoisotopic (exact) mass is 419 g/mol. The Balaban J connectivity index is 0.00000161. The molecule has 0 aromatic carbocycles. The Morgan fingerprint density at radius 1 is 1.33 bits per heavy atom. The molecule has 3 nitrogen and oxygen atoms in total. The maximum absolute atomic E-state index is 4.48. The summed E-state index contributed by atoms with van der Waals surface area (Å²) in [6.07, 6.45) is 7.05. The van der Waals surface area contributed by atoms with E-state index in [0.717, 1.165) is 12.5 Å². The fourth-order valence-corrected chi connectivity index (χ4v) is 4.56. The molecule has 1 saturated heterocycles. The lowest BCUT2D eigenvalue weighted by Crippen LogP contribution is -2.40. The molecule has 0 radical (unpaired) electrons. The van der Waals surface area contributed by atoms with Crippen molar-refractivity contribution in [3.05, 3.63) is 21.9 Å². The second-order valence-electron chi connectivity index (χ2n) is 6.29. The van der Waals surface area contributed by atoms with Gasteiger partial charge in [0.15, 0.2) is 5.96 Å². The summed E-state index contributed by atoms with van der Waals surface area (Å²) >= 11 is 1.87. The van der Waals surface area contributed by atoms with E-state index >= 15 is 0 Å². The summed E-state index contributed by atoms with van der Waals surface area (Å²) < 4.78 is 0. The van der Waals surface area contributed by atoms with Crippen LogP contribution in [0.3, 0.4) is 0 Å². The van der Waals surface area contributed by atoms with Crippen molar-refractivity contribution in [2.75, 3.05) is 20.1 Å². The average molecular weight is 419 g/mol. The van der Waals surface area contributed by atoms with E-state index in [9.17, 15) is 0 Å². The van der Waals surface area contributed by atoms with Gasteiger partial charge < -0.3 is 10.2 Å². The third kappa shape index (κ3) is 3.92. The van der Waals surface area contributed by atoms with Crippen molar-refractivity contribution >= 4 is 41.3 Å². The van der Waals surface area contributed by atoms with Crippen molar-refractivity contribution in [2.45, 2.75) is 45.6 Å². The Labute approximate surface area is 149 Å². The number of hydrogen-bond acceptors (Lipinski definition) is 2. The molecule has 1 spiro atoms. The number of likely N-dealkylation sites (tertiary alicyclic amines) is 1. The minimum absolute atomic E-state index is 0. The number of halogens is 1. The molecule has 1 aliphatic heterocycles. The summed E-state index contributed by atoms with van der Waals surface area (Å²) in [5.41, 5.74) is 0.608. The highest BCUT2D eigenvalue weighted by molar-refractivity contribution is 14.0.